The normalized spacial score (nSPS) is 15.4. The number of hydrogen-bond donors (Lipinski definition) is 3. The second-order valence-electron chi connectivity index (χ2n) is 9.46. The number of benzene rings is 2. The first kappa shape index (κ1) is 22.6. The Balaban J connectivity index is 1.20. The number of piperidine rings is 1. The van der Waals surface area contributed by atoms with Crippen molar-refractivity contribution in [2.24, 2.45) is 0 Å². The number of carbonyl (C=O) groups excluding carboxylic acids is 2. The van der Waals surface area contributed by atoms with Crippen molar-refractivity contribution in [3.63, 3.8) is 0 Å². The number of aromatic nitrogens is 2. The summed E-state index contributed by atoms with van der Waals surface area (Å²) in [6, 6.07) is 19.5. The number of H-pyrrole nitrogens is 2. The maximum Gasteiger partial charge on any atom is 0.262 e. The minimum absolute atomic E-state index is 0.0115. The van der Waals surface area contributed by atoms with Crippen LogP contribution in [0, 0.1) is 0 Å². The van der Waals surface area contributed by atoms with Crippen molar-refractivity contribution in [3.8, 4) is 0 Å². The molecule has 0 spiro atoms. The van der Waals surface area contributed by atoms with Crippen molar-refractivity contribution in [2.45, 2.75) is 31.2 Å². The molecule has 1 fully saturated rings. The molecule has 4 heterocycles. The van der Waals surface area contributed by atoms with Crippen LogP contribution in [-0.4, -0.2) is 45.8 Å². The SMILES string of the molecule is O=C(NC(Cc1c[nH]c2ccccc12)C(=O)N1CCC(c2c[nH]c3ccccc23)CC1)c1cccs1. The van der Waals surface area contributed by atoms with Crippen molar-refractivity contribution in [2.75, 3.05) is 13.1 Å². The van der Waals surface area contributed by atoms with Gasteiger partial charge in [-0.2, -0.15) is 0 Å². The molecule has 6 nitrogen and oxygen atoms in total. The van der Waals surface area contributed by atoms with Crippen LogP contribution in [-0.2, 0) is 11.2 Å². The van der Waals surface area contributed by atoms with Gasteiger partial charge in [0.25, 0.3) is 5.91 Å². The van der Waals surface area contributed by atoms with Gasteiger partial charge >= 0.3 is 0 Å². The average molecular weight is 497 g/mol. The molecule has 1 aliphatic rings. The Bertz CT molecular complexity index is 1510. The van der Waals surface area contributed by atoms with Gasteiger partial charge in [0.05, 0.1) is 4.88 Å². The Labute approximate surface area is 213 Å². The van der Waals surface area contributed by atoms with Crippen LogP contribution in [0.3, 0.4) is 0 Å². The number of likely N-dealkylation sites (tertiary alicyclic amines) is 1. The highest BCUT2D eigenvalue weighted by atomic mass is 32.1. The Hall–Kier alpha value is -3.84. The third kappa shape index (κ3) is 4.31. The summed E-state index contributed by atoms with van der Waals surface area (Å²) >= 11 is 1.38. The first-order valence-corrected chi connectivity index (χ1v) is 13.3. The summed E-state index contributed by atoms with van der Waals surface area (Å²) in [6.45, 7) is 1.37. The second kappa shape index (κ2) is 9.66. The molecule has 7 heteroatoms. The highest BCUT2D eigenvalue weighted by molar-refractivity contribution is 7.12. The Morgan fingerprint density at radius 3 is 2.36 bits per heavy atom. The van der Waals surface area contributed by atoms with E-state index in [4.69, 9.17) is 0 Å². The van der Waals surface area contributed by atoms with E-state index in [1.54, 1.807) is 6.07 Å². The largest absolute Gasteiger partial charge is 0.361 e. The van der Waals surface area contributed by atoms with Crippen molar-refractivity contribution >= 4 is 45.0 Å². The molecular formula is C29H28N4O2S. The lowest BCUT2D eigenvalue weighted by molar-refractivity contribution is -0.134. The van der Waals surface area contributed by atoms with Gasteiger partial charge in [0.2, 0.25) is 5.91 Å². The predicted octanol–water partition coefficient (Wildman–Crippen LogP) is 5.46. The molecule has 1 saturated heterocycles. The molecule has 1 atom stereocenters. The molecule has 0 bridgehead atoms. The summed E-state index contributed by atoms with van der Waals surface area (Å²) in [5.41, 5.74) is 4.55. The summed E-state index contributed by atoms with van der Waals surface area (Å²) in [4.78, 5) is 35.9. The van der Waals surface area contributed by atoms with E-state index >= 15 is 0 Å². The first-order chi connectivity index (χ1) is 17.7. The molecular weight excluding hydrogens is 468 g/mol. The molecule has 0 aliphatic carbocycles. The number of nitrogens with one attached hydrogen (secondary N) is 3. The number of fused-ring (bicyclic) bond motifs is 2. The fourth-order valence-electron chi connectivity index (χ4n) is 5.42. The molecule has 3 aromatic heterocycles. The third-order valence-electron chi connectivity index (χ3n) is 7.32. The van der Waals surface area contributed by atoms with E-state index in [0.29, 0.717) is 30.3 Å². The average Bonchev–Trinajstić information content (AvgIpc) is 3.68. The monoisotopic (exact) mass is 496 g/mol. The van der Waals surface area contributed by atoms with Crippen LogP contribution >= 0.6 is 11.3 Å². The van der Waals surface area contributed by atoms with Crippen molar-refractivity contribution in [1.29, 1.82) is 0 Å². The Morgan fingerprint density at radius 1 is 0.917 bits per heavy atom. The van der Waals surface area contributed by atoms with Gasteiger partial charge in [-0.05, 0) is 53.5 Å². The molecule has 0 radical (unpaired) electrons. The molecule has 1 aliphatic heterocycles. The smallest absolute Gasteiger partial charge is 0.262 e. The highest BCUT2D eigenvalue weighted by Crippen LogP contribution is 2.33. The number of thiophene rings is 1. The van der Waals surface area contributed by atoms with E-state index in [2.05, 4.69) is 45.7 Å². The molecule has 182 valence electrons. The summed E-state index contributed by atoms with van der Waals surface area (Å²) in [5, 5.41) is 7.27. The minimum Gasteiger partial charge on any atom is -0.361 e. The zero-order valence-corrected chi connectivity index (χ0v) is 20.7. The van der Waals surface area contributed by atoms with Crippen LogP contribution in [0.25, 0.3) is 21.8 Å². The van der Waals surface area contributed by atoms with Crippen molar-refractivity contribution in [1.82, 2.24) is 20.2 Å². The number of aromatic amines is 2. The lowest BCUT2D eigenvalue weighted by Crippen LogP contribution is -2.51. The van der Waals surface area contributed by atoms with Gasteiger partial charge in [-0.3, -0.25) is 9.59 Å². The number of rotatable bonds is 6. The quantitative estimate of drug-likeness (QED) is 0.292. The van der Waals surface area contributed by atoms with E-state index in [1.807, 2.05) is 46.8 Å². The number of hydrogen-bond acceptors (Lipinski definition) is 3. The van der Waals surface area contributed by atoms with E-state index in [9.17, 15) is 9.59 Å². The van der Waals surface area contributed by atoms with E-state index in [0.717, 1.165) is 34.8 Å². The zero-order valence-electron chi connectivity index (χ0n) is 19.9. The summed E-state index contributed by atoms with van der Waals surface area (Å²) < 4.78 is 0. The fourth-order valence-corrected chi connectivity index (χ4v) is 6.05. The van der Waals surface area contributed by atoms with Gasteiger partial charge in [-0.25, -0.2) is 0 Å². The van der Waals surface area contributed by atoms with Gasteiger partial charge in [0.1, 0.15) is 6.04 Å². The lowest BCUT2D eigenvalue weighted by Gasteiger charge is -2.34. The highest BCUT2D eigenvalue weighted by Gasteiger charge is 2.31. The van der Waals surface area contributed by atoms with Gasteiger partial charge in [-0.15, -0.1) is 11.3 Å². The lowest BCUT2D eigenvalue weighted by atomic mass is 9.89. The standard InChI is InChI=1S/C29H28N4O2S/c34-28(27-10-5-15-36-27)32-26(16-20-17-30-24-8-3-1-6-21(20)24)29(35)33-13-11-19(12-14-33)23-18-31-25-9-4-2-7-22(23)25/h1-10,15,17-19,26,30-31H,11-14,16H2,(H,32,34). The minimum atomic E-state index is -0.622. The second-order valence-corrected chi connectivity index (χ2v) is 10.4. The van der Waals surface area contributed by atoms with E-state index in [-0.39, 0.29) is 11.8 Å². The van der Waals surface area contributed by atoms with Crippen LogP contribution < -0.4 is 5.32 Å². The molecule has 0 saturated carbocycles. The Morgan fingerprint density at radius 2 is 1.61 bits per heavy atom. The van der Waals surface area contributed by atoms with E-state index in [1.165, 1.54) is 22.3 Å². The first-order valence-electron chi connectivity index (χ1n) is 12.4. The maximum atomic E-state index is 13.8. The number of carbonyl (C=O) groups is 2. The fraction of sp³-hybridized carbons (Fsp3) is 0.241. The molecule has 3 N–H and O–H groups in total. The number of amides is 2. The topological polar surface area (TPSA) is 81.0 Å². The molecule has 36 heavy (non-hydrogen) atoms. The van der Waals surface area contributed by atoms with Crippen LogP contribution in [0.15, 0.2) is 78.4 Å². The molecule has 1 unspecified atom stereocenters. The van der Waals surface area contributed by atoms with Gasteiger partial charge in [0, 0.05) is 53.7 Å². The summed E-state index contributed by atoms with van der Waals surface area (Å²) in [5.74, 6) is 0.206. The number of nitrogens with zero attached hydrogens (tertiary/aromatic N) is 1. The van der Waals surface area contributed by atoms with Gasteiger partial charge in [0.15, 0.2) is 0 Å². The Kier molecular flexibility index (Phi) is 6.07. The zero-order chi connectivity index (χ0) is 24.5. The predicted molar refractivity (Wildman–Crippen MR) is 144 cm³/mol. The van der Waals surface area contributed by atoms with Crippen LogP contribution in [0.4, 0.5) is 0 Å². The summed E-state index contributed by atoms with van der Waals surface area (Å²) in [7, 11) is 0. The van der Waals surface area contributed by atoms with Gasteiger partial charge in [-0.1, -0.05) is 42.5 Å². The van der Waals surface area contributed by atoms with Crippen molar-refractivity contribution < 1.29 is 9.59 Å². The van der Waals surface area contributed by atoms with Crippen LogP contribution in [0.2, 0.25) is 0 Å². The molecule has 5 aromatic rings. The molecule has 2 amide bonds. The molecule has 6 rings (SSSR count). The van der Waals surface area contributed by atoms with Crippen molar-refractivity contribution in [3.05, 3.63) is 94.4 Å². The summed E-state index contributed by atoms with van der Waals surface area (Å²) in [6.07, 6.45) is 6.33. The van der Waals surface area contributed by atoms with Crippen LogP contribution in [0.5, 0.6) is 0 Å². The maximum absolute atomic E-state index is 13.8. The third-order valence-corrected chi connectivity index (χ3v) is 8.18. The van der Waals surface area contributed by atoms with E-state index < -0.39 is 6.04 Å². The molecule has 2 aromatic carbocycles. The van der Waals surface area contributed by atoms with Gasteiger partial charge < -0.3 is 20.2 Å². The number of para-hydroxylation sites is 2. The van der Waals surface area contributed by atoms with Crippen LogP contribution in [0.1, 0.15) is 39.6 Å².